The van der Waals surface area contributed by atoms with E-state index < -0.39 is 17.1 Å². The number of nitrogens with zero attached hydrogens (tertiary/aromatic N) is 1. The van der Waals surface area contributed by atoms with Gasteiger partial charge in [-0.25, -0.2) is 0 Å². The fraction of sp³-hybridized carbons (Fsp3) is 0.500. The third kappa shape index (κ3) is 2.77. The molecule has 1 aliphatic carbocycles. The molecule has 0 heterocycles. The minimum atomic E-state index is -0.765. The summed E-state index contributed by atoms with van der Waals surface area (Å²) >= 11 is 0. The van der Waals surface area contributed by atoms with Gasteiger partial charge in [0.15, 0.2) is 0 Å². The van der Waals surface area contributed by atoms with E-state index in [1.807, 2.05) is 0 Å². The van der Waals surface area contributed by atoms with Crippen LogP contribution in [0.15, 0.2) is 24.3 Å². The van der Waals surface area contributed by atoms with Crippen LogP contribution in [0.1, 0.15) is 19.3 Å². The van der Waals surface area contributed by atoms with Crippen molar-refractivity contribution in [3.8, 4) is 0 Å². The normalized spacial score (nSPS) is 27.8. The van der Waals surface area contributed by atoms with E-state index in [9.17, 15) is 20.3 Å². The molecule has 2 rings (SSSR count). The first kappa shape index (κ1) is 12.8. The number of aliphatic hydroxyl groups is 2. The van der Waals surface area contributed by atoms with Crippen molar-refractivity contribution in [3.05, 3.63) is 34.4 Å². The number of nitro groups is 1. The third-order valence-corrected chi connectivity index (χ3v) is 3.24. The van der Waals surface area contributed by atoms with Crippen molar-refractivity contribution in [3.63, 3.8) is 0 Å². The van der Waals surface area contributed by atoms with E-state index in [1.54, 1.807) is 18.2 Å². The molecule has 1 fully saturated rings. The van der Waals surface area contributed by atoms with Gasteiger partial charge in [0.05, 0.1) is 17.1 Å². The summed E-state index contributed by atoms with van der Waals surface area (Å²) in [6, 6.07) is 6.38. The summed E-state index contributed by atoms with van der Waals surface area (Å²) < 4.78 is 0. The van der Waals surface area contributed by atoms with E-state index in [2.05, 4.69) is 5.32 Å². The number of aliphatic hydroxyl groups excluding tert-OH is 2. The Bertz CT molecular complexity index is 438. The molecule has 0 radical (unpaired) electrons. The Kier molecular flexibility index (Phi) is 3.78. The summed E-state index contributed by atoms with van der Waals surface area (Å²) in [5, 5.41) is 32.9. The highest BCUT2D eigenvalue weighted by Gasteiger charge is 2.28. The lowest BCUT2D eigenvalue weighted by Gasteiger charge is -2.31. The molecule has 98 valence electrons. The van der Waals surface area contributed by atoms with Crippen molar-refractivity contribution in [2.24, 2.45) is 0 Å². The number of hydrogen-bond acceptors (Lipinski definition) is 5. The molecule has 0 unspecified atom stereocenters. The van der Waals surface area contributed by atoms with Gasteiger partial charge in [-0.05, 0) is 25.3 Å². The van der Waals surface area contributed by atoms with Gasteiger partial charge in [0.1, 0.15) is 5.69 Å². The van der Waals surface area contributed by atoms with Crippen LogP contribution in [0.2, 0.25) is 0 Å². The topological polar surface area (TPSA) is 95.6 Å². The van der Waals surface area contributed by atoms with E-state index in [0.29, 0.717) is 24.9 Å². The summed E-state index contributed by atoms with van der Waals surface area (Å²) in [6.45, 7) is 0. The molecular formula is C12H16N2O4. The molecule has 1 saturated carbocycles. The quantitative estimate of drug-likeness (QED) is 0.556. The van der Waals surface area contributed by atoms with Crippen LogP contribution >= 0.6 is 0 Å². The molecule has 3 N–H and O–H groups in total. The van der Waals surface area contributed by atoms with Crippen molar-refractivity contribution >= 4 is 11.4 Å². The molecule has 0 spiro atoms. The Morgan fingerprint density at radius 2 is 1.94 bits per heavy atom. The van der Waals surface area contributed by atoms with Crippen LogP contribution < -0.4 is 5.32 Å². The van der Waals surface area contributed by atoms with Gasteiger partial charge >= 0.3 is 0 Å². The van der Waals surface area contributed by atoms with E-state index in [-0.39, 0.29) is 11.7 Å². The minimum absolute atomic E-state index is 0.0260. The number of benzene rings is 1. The van der Waals surface area contributed by atoms with Crippen LogP contribution in [0.3, 0.4) is 0 Å². The zero-order valence-electron chi connectivity index (χ0n) is 9.82. The molecule has 6 nitrogen and oxygen atoms in total. The first-order valence-electron chi connectivity index (χ1n) is 5.94. The van der Waals surface area contributed by atoms with Crippen LogP contribution in [0, 0.1) is 10.1 Å². The van der Waals surface area contributed by atoms with E-state index in [4.69, 9.17) is 0 Å². The number of nitrogens with one attached hydrogen (secondary N) is 1. The van der Waals surface area contributed by atoms with Gasteiger partial charge in [-0.15, -0.1) is 0 Å². The highest BCUT2D eigenvalue weighted by Crippen LogP contribution is 2.28. The molecule has 0 saturated heterocycles. The molecule has 1 aromatic rings. The van der Waals surface area contributed by atoms with Crippen molar-refractivity contribution in [1.82, 2.24) is 0 Å². The molecule has 0 aliphatic heterocycles. The molecule has 18 heavy (non-hydrogen) atoms. The molecule has 3 atom stereocenters. The number of nitro benzene ring substituents is 1. The summed E-state index contributed by atoms with van der Waals surface area (Å²) in [4.78, 5) is 10.4. The monoisotopic (exact) mass is 252 g/mol. The fourth-order valence-corrected chi connectivity index (χ4v) is 2.24. The number of hydrogen-bond donors (Lipinski definition) is 3. The fourth-order valence-electron chi connectivity index (χ4n) is 2.24. The van der Waals surface area contributed by atoms with Crippen molar-refractivity contribution in [1.29, 1.82) is 0 Å². The number of rotatable bonds is 3. The molecular weight excluding hydrogens is 236 g/mol. The van der Waals surface area contributed by atoms with E-state index in [1.165, 1.54) is 6.07 Å². The zero-order valence-corrected chi connectivity index (χ0v) is 9.82. The largest absolute Gasteiger partial charge is 0.390 e. The van der Waals surface area contributed by atoms with Gasteiger partial charge in [0.2, 0.25) is 0 Å². The molecule has 0 aromatic heterocycles. The lowest BCUT2D eigenvalue weighted by Crippen LogP contribution is -2.39. The summed E-state index contributed by atoms with van der Waals surface area (Å²) in [6.07, 6.45) is 0.129. The van der Waals surface area contributed by atoms with Crippen molar-refractivity contribution < 1.29 is 15.1 Å². The minimum Gasteiger partial charge on any atom is -0.390 e. The molecule has 0 amide bonds. The second kappa shape index (κ2) is 5.32. The number of anilines is 1. The summed E-state index contributed by atoms with van der Waals surface area (Å²) in [5.74, 6) is 0. The third-order valence-electron chi connectivity index (χ3n) is 3.24. The lowest BCUT2D eigenvalue weighted by atomic mass is 9.90. The van der Waals surface area contributed by atoms with Gasteiger partial charge in [0.25, 0.3) is 5.69 Å². The average molecular weight is 252 g/mol. The Hall–Kier alpha value is -1.66. The van der Waals surface area contributed by atoms with Gasteiger partial charge in [-0.3, -0.25) is 10.1 Å². The maximum Gasteiger partial charge on any atom is 0.292 e. The summed E-state index contributed by atoms with van der Waals surface area (Å²) in [7, 11) is 0. The Balaban J connectivity index is 2.08. The highest BCUT2D eigenvalue weighted by atomic mass is 16.6. The highest BCUT2D eigenvalue weighted by molar-refractivity contribution is 5.61. The zero-order chi connectivity index (χ0) is 13.1. The molecule has 1 aliphatic rings. The lowest BCUT2D eigenvalue weighted by molar-refractivity contribution is -0.384. The van der Waals surface area contributed by atoms with E-state index in [0.717, 1.165) is 0 Å². The molecule has 1 aromatic carbocycles. The van der Waals surface area contributed by atoms with Crippen molar-refractivity contribution in [2.75, 3.05) is 5.32 Å². The predicted molar refractivity (Wildman–Crippen MR) is 66.4 cm³/mol. The van der Waals surface area contributed by atoms with Gasteiger partial charge in [-0.2, -0.15) is 0 Å². The summed E-state index contributed by atoms with van der Waals surface area (Å²) in [5.41, 5.74) is 0.481. The van der Waals surface area contributed by atoms with Gasteiger partial charge in [0, 0.05) is 12.1 Å². The first-order valence-corrected chi connectivity index (χ1v) is 5.94. The van der Waals surface area contributed by atoms with Gasteiger partial charge in [-0.1, -0.05) is 12.1 Å². The maximum absolute atomic E-state index is 10.9. The predicted octanol–water partition coefficient (Wildman–Crippen LogP) is 1.28. The second-order valence-electron chi connectivity index (χ2n) is 4.56. The second-order valence-corrected chi connectivity index (χ2v) is 4.56. The Morgan fingerprint density at radius 3 is 2.61 bits per heavy atom. The standard InChI is InChI=1S/C12H16N2O4/c15-11-6-5-8(7-12(11)16)13-9-3-1-2-4-10(9)14(17)18/h1-4,8,11-13,15-16H,5-7H2/t8-,11+,12+/m1/s1. The Morgan fingerprint density at radius 1 is 1.22 bits per heavy atom. The van der Waals surface area contributed by atoms with Crippen LogP contribution in [-0.4, -0.2) is 33.4 Å². The maximum atomic E-state index is 10.9. The molecule has 6 heteroatoms. The van der Waals surface area contributed by atoms with Crippen molar-refractivity contribution in [2.45, 2.75) is 37.5 Å². The van der Waals surface area contributed by atoms with Crippen LogP contribution in [0.5, 0.6) is 0 Å². The van der Waals surface area contributed by atoms with Crippen LogP contribution in [0.25, 0.3) is 0 Å². The van der Waals surface area contributed by atoms with E-state index >= 15 is 0 Å². The van der Waals surface area contributed by atoms with Crippen LogP contribution in [-0.2, 0) is 0 Å². The van der Waals surface area contributed by atoms with Crippen LogP contribution in [0.4, 0.5) is 11.4 Å². The number of para-hydroxylation sites is 2. The van der Waals surface area contributed by atoms with Gasteiger partial charge < -0.3 is 15.5 Å². The Labute approximate surface area is 104 Å². The SMILES string of the molecule is O=[N+]([O-])c1ccccc1N[C@@H]1CC[C@H](O)[C@@H](O)C1. The average Bonchev–Trinajstić information content (AvgIpc) is 2.34. The smallest absolute Gasteiger partial charge is 0.292 e. The molecule has 0 bridgehead atoms. The first-order chi connectivity index (χ1) is 8.58.